The maximum atomic E-state index is 11.6. The van der Waals surface area contributed by atoms with Crippen molar-refractivity contribution in [3.05, 3.63) is 11.9 Å². The third kappa shape index (κ3) is 1.48. The fourth-order valence-electron chi connectivity index (χ4n) is 1.73. The van der Waals surface area contributed by atoms with Gasteiger partial charge in [0.15, 0.2) is 4.90 Å². The van der Waals surface area contributed by atoms with Gasteiger partial charge in [0.2, 0.25) is 0 Å². The van der Waals surface area contributed by atoms with Gasteiger partial charge in [-0.15, -0.1) is 0 Å². The molecule has 0 aromatic carbocycles. The molecule has 13 heavy (non-hydrogen) atoms. The Morgan fingerprint density at radius 1 is 1.62 bits per heavy atom. The molecule has 0 saturated carbocycles. The zero-order valence-corrected chi connectivity index (χ0v) is 8.80. The summed E-state index contributed by atoms with van der Waals surface area (Å²) in [7, 11) is 0. The van der Waals surface area contributed by atoms with Crippen LogP contribution in [0.2, 0.25) is 0 Å². The van der Waals surface area contributed by atoms with Gasteiger partial charge in [-0.05, 0) is 37.9 Å². The number of rotatable bonds is 1. The first-order chi connectivity index (χ1) is 6.20. The second-order valence-corrected chi connectivity index (χ2v) is 5.19. The zero-order valence-electron chi connectivity index (χ0n) is 7.99. The average molecular weight is 198 g/mol. The van der Waals surface area contributed by atoms with Crippen molar-refractivity contribution in [3.8, 4) is 0 Å². The number of hydrogen-bond acceptors (Lipinski definition) is 2. The number of fused-ring (bicyclic) bond motifs is 1. The van der Waals surface area contributed by atoms with Crippen molar-refractivity contribution in [1.29, 1.82) is 0 Å². The van der Waals surface area contributed by atoms with Crippen LogP contribution in [0.5, 0.6) is 0 Å². The fourth-order valence-corrected chi connectivity index (χ4v) is 2.97. The number of nitrogens with zero attached hydrogens (tertiary/aromatic N) is 2. The van der Waals surface area contributed by atoms with Crippen LogP contribution in [0.1, 0.15) is 32.0 Å². The van der Waals surface area contributed by atoms with Crippen LogP contribution in [0.4, 0.5) is 0 Å². The molecular formula is C9H14N2OS. The van der Waals surface area contributed by atoms with Crippen molar-refractivity contribution in [1.82, 2.24) is 9.78 Å². The van der Waals surface area contributed by atoms with Crippen LogP contribution in [0.25, 0.3) is 0 Å². The van der Waals surface area contributed by atoms with Gasteiger partial charge in [-0.1, -0.05) is 0 Å². The smallest absolute Gasteiger partial charge is 0.193 e. The van der Waals surface area contributed by atoms with E-state index >= 15 is 0 Å². The summed E-state index contributed by atoms with van der Waals surface area (Å²) < 4.78 is 13.6. The molecule has 72 valence electrons. The van der Waals surface area contributed by atoms with Gasteiger partial charge in [0.05, 0.1) is 5.69 Å². The minimum absolute atomic E-state index is 0.374. The van der Waals surface area contributed by atoms with Crippen molar-refractivity contribution in [2.45, 2.75) is 37.6 Å². The largest absolute Gasteiger partial charge is 0.611 e. The predicted octanol–water partition coefficient (Wildman–Crippen LogP) is 1.52. The molecule has 3 nitrogen and oxygen atoms in total. The third-order valence-corrected chi connectivity index (χ3v) is 3.83. The molecule has 0 bridgehead atoms. The highest BCUT2D eigenvalue weighted by atomic mass is 32.2. The van der Waals surface area contributed by atoms with E-state index in [1.165, 1.54) is 5.69 Å². The van der Waals surface area contributed by atoms with Gasteiger partial charge in [0.1, 0.15) is 11.9 Å². The molecule has 1 aliphatic heterocycles. The van der Waals surface area contributed by atoms with E-state index in [1.807, 2.05) is 4.68 Å². The molecule has 2 rings (SSSR count). The summed E-state index contributed by atoms with van der Waals surface area (Å²) >= 11 is -0.794. The molecular weight excluding hydrogens is 184 g/mol. The van der Waals surface area contributed by atoms with Crippen molar-refractivity contribution < 1.29 is 4.55 Å². The lowest BCUT2D eigenvalue weighted by molar-refractivity contribution is 0.500. The van der Waals surface area contributed by atoms with Gasteiger partial charge in [-0.2, -0.15) is 5.10 Å². The summed E-state index contributed by atoms with van der Waals surface area (Å²) in [6, 6.07) is 0.374. The maximum absolute atomic E-state index is 11.6. The Bertz CT molecular complexity index is 295. The van der Waals surface area contributed by atoms with Crippen LogP contribution >= 0.6 is 0 Å². The lowest BCUT2D eigenvalue weighted by Crippen LogP contribution is -2.18. The Balaban J connectivity index is 2.41. The zero-order chi connectivity index (χ0) is 9.42. The van der Waals surface area contributed by atoms with Gasteiger partial charge in [0.25, 0.3) is 0 Å². The lowest BCUT2D eigenvalue weighted by Gasteiger charge is -2.18. The van der Waals surface area contributed by atoms with Crippen molar-refractivity contribution in [2.75, 3.05) is 5.75 Å². The van der Waals surface area contributed by atoms with Crippen LogP contribution in [-0.2, 0) is 17.6 Å². The van der Waals surface area contributed by atoms with E-state index in [9.17, 15) is 4.55 Å². The van der Waals surface area contributed by atoms with Crippen LogP contribution in [0.3, 0.4) is 0 Å². The molecule has 4 heteroatoms. The summed E-state index contributed by atoms with van der Waals surface area (Å²) in [4.78, 5) is 0.958. The molecule has 1 unspecified atom stereocenters. The van der Waals surface area contributed by atoms with Gasteiger partial charge < -0.3 is 4.55 Å². The highest BCUT2D eigenvalue weighted by Gasteiger charge is 2.26. The molecule has 0 N–H and O–H groups in total. The standard InChI is InChI=1S/C9H14N2OS/c1-7(2)11-8-4-3-5-13(12)9(8)6-10-11/h6-7H,3-5H2,1-2H3. The molecule has 0 aliphatic carbocycles. The van der Waals surface area contributed by atoms with Gasteiger partial charge in [-0.25, -0.2) is 0 Å². The molecule has 1 aromatic heterocycles. The first-order valence-corrected chi connectivity index (χ1v) is 5.97. The van der Waals surface area contributed by atoms with Gasteiger partial charge in [0, 0.05) is 6.04 Å². The topological polar surface area (TPSA) is 40.9 Å². The summed E-state index contributed by atoms with van der Waals surface area (Å²) in [5, 5.41) is 4.27. The molecule has 1 atom stereocenters. The Morgan fingerprint density at radius 2 is 2.38 bits per heavy atom. The molecule has 0 fully saturated rings. The molecule has 1 aromatic rings. The predicted molar refractivity (Wildman–Crippen MR) is 52.2 cm³/mol. The van der Waals surface area contributed by atoms with E-state index < -0.39 is 11.2 Å². The number of hydrogen-bond donors (Lipinski definition) is 0. The molecule has 0 amide bonds. The summed E-state index contributed by atoms with van der Waals surface area (Å²) in [5.41, 5.74) is 1.18. The van der Waals surface area contributed by atoms with Crippen LogP contribution < -0.4 is 0 Å². The van der Waals surface area contributed by atoms with E-state index in [1.54, 1.807) is 6.20 Å². The first-order valence-electron chi connectivity index (χ1n) is 4.65. The minimum atomic E-state index is -0.794. The summed E-state index contributed by atoms with van der Waals surface area (Å²) in [5.74, 6) is 0.802. The SMILES string of the molecule is CC(C)n1ncc2c1CCC[S+]2[O-]. The highest BCUT2D eigenvalue weighted by Crippen LogP contribution is 2.26. The van der Waals surface area contributed by atoms with E-state index in [0.717, 1.165) is 23.5 Å². The van der Waals surface area contributed by atoms with Crippen molar-refractivity contribution in [2.24, 2.45) is 0 Å². The highest BCUT2D eigenvalue weighted by molar-refractivity contribution is 7.91. The third-order valence-electron chi connectivity index (χ3n) is 2.34. The Morgan fingerprint density at radius 3 is 3.08 bits per heavy atom. The summed E-state index contributed by atoms with van der Waals surface area (Å²) in [6.45, 7) is 4.20. The van der Waals surface area contributed by atoms with Crippen LogP contribution in [0, 0.1) is 0 Å². The fraction of sp³-hybridized carbons (Fsp3) is 0.667. The van der Waals surface area contributed by atoms with Crippen molar-refractivity contribution >= 4 is 11.2 Å². The van der Waals surface area contributed by atoms with E-state index in [4.69, 9.17) is 0 Å². The second kappa shape index (κ2) is 3.35. The molecule has 0 saturated heterocycles. The van der Waals surface area contributed by atoms with Crippen LogP contribution in [0.15, 0.2) is 11.1 Å². The normalized spacial score (nSPS) is 22.0. The van der Waals surface area contributed by atoms with E-state index in [0.29, 0.717) is 6.04 Å². The molecule has 0 spiro atoms. The maximum Gasteiger partial charge on any atom is 0.193 e. The second-order valence-electron chi connectivity index (χ2n) is 3.65. The average Bonchev–Trinajstić information content (AvgIpc) is 2.48. The van der Waals surface area contributed by atoms with Gasteiger partial charge in [-0.3, -0.25) is 4.68 Å². The Kier molecular flexibility index (Phi) is 2.34. The quantitative estimate of drug-likeness (QED) is 0.642. The molecule has 2 heterocycles. The van der Waals surface area contributed by atoms with Crippen molar-refractivity contribution in [3.63, 3.8) is 0 Å². The lowest BCUT2D eigenvalue weighted by atomic mass is 10.2. The molecule has 1 aliphatic rings. The Hall–Kier alpha value is -0.480. The van der Waals surface area contributed by atoms with E-state index in [-0.39, 0.29) is 0 Å². The molecule has 0 radical (unpaired) electrons. The van der Waals surface area contributed by atoms with Gasteiger partial charge >= 0.3 is 0 Å². The first kappa shape index (κ1) is 9.09. The number of aromatic nitrogens is 2. The van der Waals surface area contributed by atoms with Crippen LogP contribution in [-0.4, -0.2) is 20.1 Å². The Labute approximate surface area is 81.3 Å². The van der Waals surface area contributed by atoms with E-state index in [2.05, 4.69) is 18.9 Å². The minimum Gasteiger partial charge on any atom is -0.611 e. The monoisotopic (exact) mass is 198 g/mol. The summed E-state index contributed by atoms with van der Waals surface area (Å²) in [6.07, 6.45) is 3.82.